The van der Waals surface area contributed by atoms with Gasteiger partial charge in [-0.05, 0) is 44.2 Å². The molecule has 1 saturated heterocycles. The van der Waals surface area contributed by atoms with Crippen LogP contribution >= 0.6 is 12.4 Å². The summed E-state index contributed by atoms with van der Waals surface area (Å²) in [5.41, 5.74) is 0. The van der Waals surface area contributed by atoms with Crippen molar-refractivity contribution < 1.29 is 16.8 Å². The molecule has 1 N–H and O–H groups in total. The number of sulfonamides is 1. The van der Waals surface area contributed by atoms with Crippen LogP contribution in [0.25, 0.3) is 0 Å². The van der Waals surface area contributed by atoms with E-state index in [1.165, 1.54) is 28.6 Å². The SMILES string of the molecule is CCS(=O)(=O)c1ccc(S(=O)(=O)N2CCCC(NC)C2)cc1.Cl. The Balaban J connectivity index is 0.00000264. The maximum absolute atomic E-state index is 12.6. The van der Waals surface area contributed by atoms with Crippen molar-refractivity contribution in [3.63, 3.8) is 0 Å². The van der Waals surface area contributed by atoms with Gasteiger partial charge in [0.05, 0.1) is 15.5 Å². The average molecular weight is 383 g/mol. The highest BCUT2D eigenvalue weighted by atomic mass is 35.5. The molecule has 1 aliphatic rings. The summed E-state index contributed by atoms with van der Waals surface area (Å²) in [6.45, 7) is 2.50. The van der Waals surface area contributed by atoms with Crippen LogP contribution in [-0.4, -0.2) is 53.1 Å². The van der Waals surface area contributed by atoms with Crippen LogP contribution < -0.4 is 5.32 Å². The largest absolute Gasteiger partial charge is 0.316 e. The third kappa shape index (κ3) is 4.45. The molecule has 23 heavy (non-hydrogen) atoms. The lowest BCUT2D eigenvalue weighted by Gasteiger charge is -2.31. The monoisotopic (exact) mass is 382 g/mol. The summed E-state index contributed by atoms with van der Waals surface area (Å²) >= 11 is 0. The van der Waals surface area contributed by atoms with Gasteiger partial charge in [-0.15, -0.1) is 12.4 Å². The Bertz CT molecular complexity index is 718. The highest BCUT2D eigenvalue weighted by Crippen LogP contribution is 2.22. The van der Waals surface area contributed by atoms with Gasteiger partial charge in [0.1, 0.15) is 0 Å². The van der Waals surface area contributed by atoms with E-state index in [9.17, 15) is 16.8 Å². The van der Waals surface area contributed by atoms with Crippen molar-refractivity contribution >= 4 is 32.3 Å². The Morgan fingerprint density at radius 3 is 2.22 bits per heavy atom. The molecule has 0 bridgehead atoms. The maximum Gasteiger partial charge on any atom is 0.243 e. The first-order valence-electron chi connectivity index (χ1n) is 7.31. The Morgan fingerprint density at radius 2 is 1.70 bits per heavy atom. The van der Waals surface area contributed by atoms with Gasteiger partial charge in [0.15, 0.2) is 9.84 Å². The van der Waals surface area contributed by atoms with Crippen LogP contribution in [0.4, 0.5) is 0 Å². The van der Waals surface area contributed by atoms with Crippen LogP contribution in [0.3, 0.4) is 0 Å². The van der Waals surface area contributed by atoms with Gasteiger partial charge in [-0.25, -0.2) is 16.8 Å². The Morgan fingerprint density at radius 1 is 1.13 bits per heavy atom. The van der Waals surface area contributed by atoms with E-state index in [4.69, 9.17) is 0 Å². The van der Waals surface area contributed by atoms with Crippen LogP contribution in [0.2, 0.25) is 0 Å². The highest BCUT2D eigenvalue weighted by Gasteiger charge is 2.29. The molecule has 0 amide bonds. The first-order chi connectivity index (χ1) is 10.3. The summed E-state index contributed by atoms with van der Waals surface area (Å²) in [6.07, 6.45) is 1.77. The molecule has 1 atom stereocenters. The third-order valence-corrected chi connectivity index (χ3v) is 7.62. The van der Waals surface area contributed by atoms with Crippen LogP contribution in [0, 0.1) is 0 Å². The molecule has 1 fully saturated rings. The fourth-order valence-corrected chi connectivity index (χ4v) is 4.94. The molecule has 0 saturated carbocycles. The average Bonchev–Trinajstić information content (AvgIpc) is 2.55. The second kappa shape index (κ2) is 7.94. The van der Waals surface area contributed by atoms with E-state index in [1.54, 1.807) is 6.92 Å². The minimum Gasteiger partial charge on any atom is -0.316 e. The Kier molecular flexibility index (Phi) is 7.03. The van der Waals surface area contributed by atoms with Gasteiger partial charge in [-0.3, -0.25) is 0 Å². The Hall–Kier alpha value is -0.670. The van der Waals surface area contributed by atoms with Crippen LogP contribution in [0.5, 0.6) is 0 Å². The van der Waals surface area contributed by atoms with Gasteiger partial charge in [0.25, 0.3) is 0 Å². The van der Waals surface area contributed by atoms with Crippen molar-refractivity contribution in [1.82, 2.24) is 9.62 Å². The molecular formula is C14H23ClN2O4S2. The number of sulfone groups is 1. The molecule has 132 valence electrons. The standard InChI is InChI=1S/C14H22N2O4S2.ClH/c1-3-21(17,18)13-6-8-14(9-7-13)22(19,20)16-10-4-5-12(11-16)15-2;/h6-9,12,15H,3-5,10-11H2,1-2H3;1H. The summed E-state index contributed by atoms with van der Waals surface area (Å²) in [5.74, 6) is -0.00489. The number of benzene rings is 1. The molecule has 9 heteroatoms. The lowest BCUT2D eigenvalue weighted by Crippen LogP contribution is -2.46. The number of halogens is 1. The van der Waals surface area contributed by atoms with E-state index >= 15 is 0 Å². The second-order valence-corrected chi connectivity index (χ2v) is 9.58. The van der Waals surface area contributed by atoms with E-state index in [0.717, 1.165) is 12.8 Å². The fourth-order valence-electron chi connectivity index (χ4n) is 2.53. The number of nitrogens with zero attached hydrogens (tertiary/aromatic N) is 1. The quantitative estimate of drug-likeness (QED) is 0.829. The number of likely N-dealkylation sites (N-methyl/N-ethyl adjacent to an activating group) is 1. The minimum absolute atomic E-state index is 0. The van der Waals surface area contributed by atoms with Gasteiger partial charge >= 0.3 is 0 Å². The zero-order valence-corrected chi connectivity index (χ0v) is 15.7. The van der Waals surface area contributed by atoms with Crippen LogP contribution in [0.1, 0.15) is 19.8 Å². The second-order valence-electron chi connectivity index (χ2n) is 5.37. The Labute approximate surface area is 144 Å². The van der Waals surface area contributed by atoms with Crippen LogP contribution in [-0.2, 0) is 19.9 Å². The summed E-state index contributed by atoms with van der Waals surface area (Å²) in [4.78, 5) is 0.292. The van der Waals surface area contributed by atoms with E-state index in [2.05, 4.69) is 5.32 Å². The number of rotatable bonds is 5. The predicted molar refractivity (Wildman–Crippen MR) is 92.3 cm³/mol. The van der Waals surface area contributed by atoms with Crippen molar-refractivity contribution in [3.05, 3.63) is 24.3 Å². The van der Waals surface area contributed by atoms with Gasteiger partial charge in [0.2, 0.25) is 10.0 Å². The topological polar surface area (TPSA) is 83.5 Å². The summed E-state index contributed by atoms with van der Waals surface area (Å²) in [6, 6.07) is 5.64. The lowest BCUT2D eigenvalue weighted by atomic mass is 10.1. The van der Waals surface area contributed by atoms with E-state index in [1.807, 2.05) is 7.05 Å². The predicted octanol–water partition coefficient (Wildman–Crippen LogP) is 1.27. The van der Waals surface area contributed by atoms with Gasteiger partial charge in [-0.2, -0.15) is 4.31 Å². The zero-order chi connectivity index (χ0) is 16.4. The maximum atomic E-state index is 12.6. The molecule has 2 rings (SSSR count). The molecule has 0 aliphatic carbocycles. The van der Waals surface area contributed by atoms with Gasteiger partial charge < -0.3 is 5.32 Å². The normalized spacial score (nSPS) is 20.0. The molecule has 1 unspecified atom stereocenters. The molecule has 0 spiro atoms. The molecule has 0 radical (unpaired) electrons. The molecule has 1 heterocycles. The number of piperidine rings is 1. The first-order valence-corrected chi connectivity index (χ1v) is 10.4. The number of hydrogen-bond acceptors (Lipinski definition) is 5. The molecule has 1 aromatic rings. The van der Waals surface area contributed by atoms with E-state index in [-0.39, 0.29) is 34.0 Å². The fraction of sp³-hybridized carbons (Fsp3) is 0.571. The summed E-state index contributed by atoms with van der Waals surface area (Å²) in [7, 11) is -5.07. The zero-order valence-electron chi connectivity index (χ0n) is 13.2. The van der Waals surface area contributed by atoms with Crippen molar-refractivity contribution in [2.45, 2.75) is 35.6 Å². The minimum atomic E-state index is -3.58. The van der Waals surface area contributed by atoms with Crippen molar-refractivity contribution in [1.29, 1.82) is 0 Å². The lowest BCUT2D eigenvalue weighted by molar-refractivity contribution is 0.293. The molecule has 1 aliphatic heterocycles. The van der Waals surface area contributed by atoms with Gasteiger partial charge in [0, 0.05) is 19.1 Å². The first kappa shape index (κ1) is 20.4. The van der Waals surface area contributed by atoms with E-state index in [0.29, 0.717) is 13.1 Å². The molecule has 6 nitrogen and oxygen atoms in total. The smallest absolute Gasteiger partial charge is 0.243 e. The molecular weight excluding hydrogens is 360 g/mol. The van der Waals surface area contributed by atoms with Gasteiger partial charge in [-0.1, -0.05) is 6.92 Å². The van der Waals surface area contributed by atoms with Crippen molar-refractivity contribution in [3.8, 4) is 0 Å². The third-order valence-electron chi connectivity index (χ3n) is 3.99. The molecule has 0 aromatic heterocycles. The highest BCUT2D eigenvalue weighted by molar-refractivity contribution is 7.91. The number of nitrogens with one attached hydrogen (secondary N) is 1. The van der Waals surface area contributed by atoms with Crippen molar-refractivity contribution in [2.24, 2.45) is 0 Å². The summed E-state index contributed by atoms with van der Waals surface area (Å²) < 4.78 is 50.3. The van der Waals surface area contributed by atoms with Crippen LogP contribution in [0.15, 0.2) is 34.1 Å². The van der Waals surface area contributed by atoms with Crippen molar-refractivity contribution in [2.75, 3.05) is 25.9 Å². The summed E-state index contributed by atoms with van der Waals surface area (Å²) in [5, 5.41) is 3.11. The number of hydrogen-bond donors (Lipinski definition) is 1. The molecule has 1 aromatic carbocycles. The van der Waals surface area contributed by atoms with E-state index < -0.39 is 19.9 Å².